The first-order chi connectivity index (χ1) is 14.6. The molecule has 30 heavy (non-hydrogen) atoms. The number of pyridine rings is 2. The second kappa shape index (κ2) is 8.80. The van der Waals surface area contributed by atoms with Crippen LogP contribution in [0.15, 0.2) is 73.4 Å². The predicted octanol–water partition coefficient (Wildman–Crippen LogP) is 5.11. The monoisotopic (exact) mass is 416 g/mol. The van der Waals surface area contributed by atoms with E-state index in [0.717, 1.165) is 5.56 Å². The van der Waals surface area contributed by atoms with Gasteiger partial charge < -0.3 is 4.74 Å². The fourth-order valence-electron chi connectivity index (χ4n) is 2.89. The number of aryl methyl sites for hydroxylation is 1. The molecule has 0 aliphatic heterocycles. The zero-order valence-electron chi connectivity index (χ0n) is 16.1. The number of halogens is 1. The Morgan fingerprint density at radius 1 is 1.00 bits per heavy atom. The van der Waals surface area contributed by atoms with E-state index in [0.29, 0.717) is 39.2 Å². The third-order valence-electron chi connectivity index (χ3n) is 4.46. The molecule has 0 N–H and O–H groups in total. The molecule has 4 rings (SSSR count). The van der Waals surface area contributed by atoms with Crippen LogP contribution in [0.5, 0.6) is 11.6 Å². The quantitative estimate of drug-likeness (QED) is 0.406. The number of ketones is 1. The van der Waals surface area contributed by atoms with Gasteiger partial charge in [0.2, 0.25) is 5.88 Å². The molecule has 4 aromatic rings. The summed E-state index contributed by atoms with van der Waals surface area (Å²) in [7, 11) is 0. The van der Waals surface area contributed by atoms with E-state index in [2.05, 4.69) is 19.9 Å². The van der Waals surface area contributed by atoms with Gasteiger partial charge >= 0.3 is 0 Å². The largest absolute Gasteiger partial charge is 0.439 e. The SMILES string of the molecule is Cc1ccncc1C(=O)Cc1cnc(-c2cc(Oc3ccccn3)ccc2Cl)cn1. The van der Waals surface area contributed by atoms with Crippen LogP contribution in [-0.2, 0) is 6.42 Å². The van der Waals surface area contributed by atoms with Crippen LogP contribution in [0, 0.1) is 6.92 Å². The van der Waals surface area contributed by atoms with Crippen LogP contribution in [0.25, 0.3) is 11.3 Å². The Balaban J connectivity index is 1.53. The first-order valence-electron chi connectivity index (χ1n) is 9.24. The molecule has 148 valence electrons. The van der Waals surface area contributed by atoms with Gasteiger partial charge in [-0.3, -0.25) is 19.7 Å². The standard InChI is InChI=1S/C23H17ClN4O2/c1-15-7-9-25-13-19(15)22(29)10-16-12-28-21(14-27-16)18-11-17(5-6-20(18)24)30-23-4-2-3-8-26-23/h2-9,11-14H,10H2,1H3. The summed E-state index contributed by atoms with van der Waals surface area (Å²) < 4.78 is 5.76. The first-order valence-corrected chi connectivity index (χ1v) is 9.61. The zero-order chi connectivity index (χ0) is 20.9. The smallest absolute Gasteiger partial charge is 0.219 e. The lowest BCUT2D eigenvalue weighted by Crippen LogP contribution is -2.08. The fourth-order valence-corrected chi connectivity index (χ4v) is 3.11. The van der Waals surface area contributed by atoms with Crippen molar-refractivity contribution in [3.8, 4) is 22.9 Å². The molecule has 0 radical (unpaired) electrons. The molecule has 0 atom stereocenters. The topological polar surface area (TPSA) is 77.9 Å². The number of carbonyl (C=O) groups excluding carboxylic acids is 1. The highest BCUT2D eigenvalue weighted by molar-refractivity contribution is 6.33. The average Bonchev–Trinajstić information content (AvgIpc) is 2.77. The number of ether oxygens (including phenoxy) is 1. The highest BCUT2D eigenvalue weighted by Gasteiger charge is 2.13. The average molecular weight is 417 g/mol. The Hall–Kier alpha value is -3.64. The Labute approximate surface area is 178 Å². The Morgan fingerprint density at radius 2 is 1.90 bits per heavy atom. The number of benzene rings is 1. The van der Waals surface area contributed by atoms with Gasteiger partial charge in [0.25, 0.3) is 0 Å². The molecular formula is C23H17ClN4O2. The second-order valence-corrected chi connectivity index (χ2v) is 7.00. The molecule has 3 aromatic heterocycles. The van der Waals surface area contributed by atoms with Crippen molar-refractivity contribution in [3.05, 3.63) is 95.3 Å². The van der Waals surface area contributed by atoms with Gasteiger partial charge in [-0.25, -0.2) is 4.98 Å². The Kier molecular flexibility index (Phi) is 5.77. The molecule has 7 heteroatoms. The Morgan fingerprint density at radius 3 is 2.63 bits per heavy atom. The highest BCUT2D eigenvalue weighted by Crippen LogP contribution is 2.31. The molecule has 0 aliphatic rings. The minimum absolute atomic E-state index is 0.0496. The van der Waals surface area contributed by atoms with E-state index in [1.165, 1.54) is 0 Å². The molecule has 0 saturated heterocycles. The van der Waals surface area contributed by atoms with Crippen molar-refractivity contribution in [1.29, 1.82) is 0 Å². The van der Waals surface area contributed by atoms with E-state index in [9.17, 15) is 4.79 Å². The second-order valence-electron chi connectivity index (χ2n) is 6.60. The van der Waals surface area contributed by atoms with Gasteiger partial charge in [-0.05, 0) is 42.8 Å². The zero-order valence-corrected chi connectivity index (χ0v) is 16.9. The third-order valence-corrected chi connectivity index (χ3v) is 4.79. The van der Waals surface area contributed by atoms with Crippen molar-refractivity contribution < 1.29 is 9.53 Å². The van der Waals surface area contributed by atoms with Crippen LogP contribution in [0.4, 0.5) is 0 Å². The number of hydrogen-bond donors (Lipinski definition) is 0. The number of Topliss-reactive ketones (excluding diaryl/α,β-unsaturated/α-hetero) is 1. The Bertz CT molecular complexity index is 1180. The lowest BCUT2D eigenvalue weighted by atomic mass is 10.0. The molecular weight excluding hydrogens is 400 g/mol. The van der Waals surface area contributed by atoms with Crippen LogP contribution in [0.3, 0.4) is 0 Å². The van der Waals surface area contributed by atoms with Gasteiger partial charge in [-0.2, -0.15) is 0 Å². The minimum Gasteiger partial charge on any atom is -0.439 e. The summed E-state index contributed by atoms with van der Waals surface area (Å²) in [4.78, 5) is 29.5. The van der Waals surface area contributed by atoms with Crippen LogP contribution in [0.2, 0.25) is 5.02 Å². The van der Waals surface area contributed by atoms with Gasteiger partial charge in [0, 0.05) is 42.0 Å². The predicted molar refractivity (Wildman–Crippen MR) is 114 cm³/mol. The maximum atomic E-state index is 12.5. The van der Waals surface area contributed by atoms with Crippen LogP contribution < -0.4 is 4.74 Å². The fraction of sp³-hybridized carbons (Fsp3) is 0.0870. The van der Waals surface area contributed by atoms with Crippen molar-refractivity contribution in [2.75, 3.05) is 0 Å². The summed E-state index contributed by atoms with van der Waals surface area (Å²) >= 11 is 6.36. The normalized spacial score (nSPS) is 10.6. The van der Waals surface area contributed by atoms with Gasteiger partial charge in [-0.15, -0.1) is 0 Å². The van der Waals surface area contributed by atoms with E-state index in [4.69, 9.17) is 16.3 Å². The minimum atomic E-state index is -0.0496. The van der Waals surface area contributed by atoms with E-state index in [1.54, 1.807) is 55.2 Å². The summed E-state index contributed by atoms with van der Waals surface area (Å²) in [5.74, 6) is 1.02. The van der Waals surface area contributed by atoms with E-state index < -0.39 is 0 Å². The van der Waals surface area contributed by atoms with Gasteiger partial charge in [0.05, 0.1) is 29.0 Å². The van der Waals surface area contributed by atoms with Crippen LogP contribution in [0.1, 0.15) is 21.6 Å². The summed E-state index contributed by atoms with van der Waals surface area (Å²) in [6.45, 7) is 1.88. The summed E-state index contributed by atoms with van der Waals surface area (Å²) in [5, 5.41) is 0.521. The van der Waals surface area contributed by atoms with Crippen LogP contribution >= 0.6 is 11.6 Å². The van der Waals surface area contributed by atoms with E-state index >= 15 is 0 Å². The number of nitrogens with zero attached hydrogens (tertiary/aromatic N) is 4. The molecule has 0 aliphatic carbocycles. The summed E-state index contributed by atoms with van der Waals surface area (Å²) in [6, 6.07) is 12.5. The molecule has 0 fully saturated rings. The molecule has 1 aromatic carbocycles. The first kappa shape index (κ1) is 19.7. The summed E-state index contributed by atoms with van der Waals surface area (Å²) in [6.07, 6.45) is 8.23. The van der Waals surface area contributed by atoms with Crippen molar-refractivity contribution in [3.63, 3.8) is 0 Å². The molecule has 3 heterocycles. The molecule has 0 spiro atoms. The molecule has 6 nitrogen and oxygen atoms in total. The number of carbonyl (C=O) groups is 1. The van der Waals surface area contributed by atoms with Crippen molar-refractivity contribution >= 4 is 17.4 Å². The molecule has 0 bridgehead atoms. The number of aromatic nitrogens is 4. The lowest BCUT2D eigenvalue weighted by molar-refractivity contribution is 0.0991. The van der Waals surface area contributed by atoms with Gasteiger partial charge in [0.15, 0.2) is 5.78 Å². The number of rotatable bonds is 6. The molecule has 0 unspecified atom stereocenters. The highest BCUT2D eigenvalue weighted by atomic mass is 35.5. The lowest BCUT2D eigenvalue weighted by Gasteiger charge is -2.09. The van der Waals surface area contributed by atoms with Crippen molar-refractivity contribution in [2.45, 2.75) is 13.3 Å². The number of hydrogen-bond acceptors (Lipinski definition) is 6. The maximum absolute atomic E-state index is 12.5. The van der Waals surface area contributed by atoms with E-state index in [-0.39, 0.29) is 12.2 Å². The van der Waals surface area contributed by atoms with Crippen molar-refractivity contribution in [1.82, 2.24) is 19.9 Å². The van der Waals surface area contributed by atoms with Gasteiger partial charge in [-0.1, -0.05) is 17.7 Å². The van der Waals surface area contributed by atoms with Crippen LogP contribution in [-0.4, -0.2) is 25.7 Å². The summed E-state index contributed by atoms with van der Waals surface area (Å²) in [5.41, 5.74) is 3.31. The van der Waals surface area contributed by atoms with E-state index in [1.807, 2.05) is 25.1 Å². The third kappa shape index (κ3) is 4.50. The molecule has 0 amide bonds. The van der Waals surface area contributed by atoms with Crippen molar-refractivity contribution in [2.24, 2.45) is 0 Å². The molecule has 0 saturated carbocycles. The maximum Gasteiger partial charge on any atom is 0.219 e. The van der Waals surface area contributed by atoms with Gasteiger partial charge in [0.1, 0.15) is 5.75 Å².